The third-order valence-electron chi connectivity index (χ3n) is 6.53. The third kappa shape index (κ3) is 5.37. The quantitative estimate of drug-likeness (QED) is 0.431. The summed E-state index contributed by atoms with van der Waals surface area (Å²) in [6.45, 7) is 11.2. The van der Waals surface area contributed by atoms with Gasteiger partial charge < -0.3 is 9.47 Å². The molecule has 1 aliphatic rings. The van der Waals surface area contributed by atoms with Gasteiger partial charge in [0.15, 0.2) is 0 Å². The number of hydrogen-bond donors (Lipinski definition) is 2. The largest absolute Gasteiger partial charge is 0.328 e. The number of nitrogens with one attached hydrogen (secondary N) is 1. The smallest absolute Gasteiger partial charge is 0.274 e. The molecule has 1 fully saturated rings. The van der Waals surface area contributed by atoms with E-state index in [1.165, 1.54) is 49.8 Å². The zero-order valence-corrected chi connectivity index (χ0v) is 19.3. The summed E-state index contributed by atoms with van der Waals surface area (Å²) in [5.41, 5.74) is 5.90. The number of benzene rings is 1. The lowest BCUT2D eigenvalue weighted by atomic mass is 9.88. The molecule has 3 heterocycles. The molecule has 0 radical (unpaired) electrons. The monoisotopic (exact) mass is 434 g/mol. The average Bonchev–Trinajstić information content (AvgIpc) is 3.19. The summed E-state index contributed by atoms with van der Waals surface area (Å²) in [5.74, 6) is 0.0866. The van der Waals surface area contributed by atoms with Crippen molar-refractivity contribution >= 4 is 16.9 Å². The van der Waals surface area contributed by atoms with Crippen LogP contribution in [0.25, 0.3) is 11.0 Å². The number of nitrogens with zero attached hydrogens (tertiary/aromatic N) is 3. The molecule has 2 aromatic heterocycles. The van der Waals surface area contributed by atoms with Gasteiger partial charge in [-0.3, -0.25) is 10.0 Å². The highest BCUT2D eigenvalue weighted by Crippen LogP contribution is 2.30. The molecule has 1 aliphatic heterocycles. The Labute approximate surface area is 190 Å². The fourth-order valence-corrected chi connectivity index (χ4v) is 4.45. The maximum Gasteiger partial charge on any atom is 0.274 e. The molecule has 0 unspecified atom stereocenters. The van der Waals surface area contributed by atoms with Crippen molar-refractivity contribution in [3.63, 3.8) is 0 Å². The molecule has 4 rings (SSSR count). The molecule has 170 valence electrons. The highest BCUT2D eigenvalue weighted by molar-refractivity contribution is 5.93. The first kappa shape index (κ1) is 22.5. The molecule has 1 saturated heterocycles. The fraction of sp³-hybridized carbons (Fsp3) is 0.462. The summed E-state index contributed by atoms with van der Waals surface area (Å²) in [7, 11) is 0. The number of amides is 1. The topological polar surface area (TPSA) is 70.4 Å². The molecule has 1 amide bonds. The number of carbonyl (C=O) groups is 1. The van der Waals surface area contributed by atoms with Gasteiger partial charge in [0.05, 0.1) is 0 Å². The molecule has 0 saturated carbocycles. The van der Waals surface area contributed by atoms with Crippen LogP contribution in [0, 0.1) is 5.41 Å². The Hall–Kier alpha value is -2.70. The molecule has 3 aromatic rings. The van der Waals surface area contributed by atoms with Crippen molar-refractivity contribution in [1.29, 1.82) is 0 Å². The number of pyridine rings is 1. The van der Waals surface area contributed by atoms with Crippen LogP contribution in [0.4, 0.5) is 0 Å². The molecule has 0 atom stereocenters. The predicted molar refractivity (Wildman–Crippen MR) is 127 cm³/mol. The molecular weight excluding hydrogens is 400 g/mol. The van der Waals surface area contributed by atoms with Crippen molar-refractivity contribution in [2.75, 3.05) is 19.6 Å². The number of hydrogen-bond acceptors (Lipinski definition) is 4. The normalized spacial score (nSPS) is 15.9. The van der Waals surface area contributed by atoms with Crippen LogP contribution in [0.1, 0.15) is 67.4 Å². The number of fused-ring (bicyclic) bond motifs is 1. The van der Waals surface area contributed by atoms with Crippen LogP contribution in [-0.4, -0.2) is 45.2 Å². The number of carbonyl (C=O) groups excluding carboxylic acids is 1. The first-order chi connectivity index (χ1) is 15.3. The minimum absolute atomic E-state index is 0.398. The van der Waals surface area contributed by atoms with Gasteiger partial charge in [0.25, 0.3) is 5.91 Å². The van der Waals surface area contributed by atoms with Gasteiger partial charge in [0.1, 0.15) is 5.65 Å². The van der Waals surface area contributed by atoms with E-state index in [1.54, 1.807) is 17.6 Å². The van der Waals surface area contributed by atoms with Crippen molar-refractivity contribution in [1.82, 2.24) is 19.9 Å². The molecule has 6 heteroatoms. The van der Waals surface area contributed by atoms with Crippen LogP contribution in [-0.2, 0) is 6.54 Å². The number of piperidine rings is 1. The molecule has 0 aliphatic carbocycles. The Morgan fingerprint density at radius 1 is 1.16 bits per heavy atom. The summed E-state index contributed by atoms with van der Waals surface area (Å²) in [6.07, 6.45) is 7.78. The average molecular weight is 435 g/mol. The lowest BCUT2D eigenvalue weighted by molar-refractivity contribution is 0.0706. The van der Waals surface area contributed by atoms with Gasteiger partial charge in [-0.15, -0.1) is 0 Å². The maximum absolute atomic E-state index is 11.5. The van der Waals surface area contributed by atoms with Crippen LogP contribution >= 0.6 is 0 Å². The summed E-state index contributed by atoms with van der Waals surface area (Å²) in [6, 6.07) is 11.7. The standard InChI is InChI=1S/C26H34N4O2/c1-26(2,3)11-15-29-12-8-20(9-13-29)23-16-22-10-14-30(24(22)27-17-23)18-19-4-6-21(7-5-19)25(31)28-32/h4-7,10,14,16-17,20,32H,8-9,11-13,15,18H2,1-3H3,(H,28,31). The van der Waals surface area contributed by atoms with E-state index in [0.717, 1.165) is 11.2 Å². The Bertz CT molecular complexity index is 1060. The fourth-order valence-electron chi connectivity index (χ4n) is 4.45. The lowest BCUT2D eigenvalue weighted by Gasteiger charge is -2.33. The van der Waals surface area contributed by atoms with Crippen LogP contribution < -0.4 is 5.48 Å². The van der Waals surface area contributed by atoms with Crippen LogP contribution in [0.15, 0.2) is 48.8 Å². The minimum Gasteiger partial charge on any atom is -0.328 e. The molecule has 1 aromatic carbocycles. The van der Waals surface area contributed by atoms with Crippen LogP contribution in [0.2, 0.25) is 0 Å². The lowest BCUT2D eigenvalue weighted by Crippen LogP contribution is -2.35. The second-order valence-electron chi connectivity index (χ2n) is 10.2. The Morgan fingerprint density at radius 2 is 1.88 bits per heavy atom. The summed E-state index contributed by atoms with van der Waals surface area (Å²) >= 11 is 0. The number of aromatic nitrogens is 2. The number of hydroxylamine groups is 1. The van der Waals surface area contributed by atoms with E-state index >= 15 is 0 Å². The van der Waals surface area contributed by atoms with Crippen molar-refractivity contribution in [2.45, 2.75) is 52.5 Å². The second kappa shape index (κ2) is 9.43. The number of likely N-dealkylation sites (tertiary alicyclic amines) is 1. The van der Waals surface area contributed by atoms with Gasteiger partial charge >= 0.3 is 0 Å². The summed E-state index contributed by atoms with van der Waals surface area (Å²) in [5, 5.41) is 9.93. The highest BCUT2D eigenvalue weighted by atomic mass is 16.5. The number of rotatable bonds is 6. The molecule has 2 N–H and O–H groups in total. The van der Waals surface area contributed by atoms with Gasteiger partial charge in [0, 0.05) is 29.9 Å². The molecule has 32 heavy (non-hydrogen) atoms. The van der Waals surface area contributed by atoms with E-state index in [4.69, 9.17) is 10.2 Å². The Morgan fingerprint density at radius 3 is 2.53 bits per heavy atom. The van der Waals surface area contributed by atoms with Gasteiger partial charge in [0.2, 0.25) is 0 Å². The molecule has 0 bridgehead atoms. The first-order valence-electron chi connectivity index (χ1n) is 11.5. The predicted octanol–water partition coefficient (Wildman–Crippen LogP) is 4.82. The summed E-state index contributed by atoms with van der Waals surface area (Å²) < 4.78 is 2.13. The van der Waals surface area contributed by atoms with Gasteiger partial charge in [-0.25, -0.2) is 10.5 Å². The van der Waals surface area contributed by atoms with Crippen molar-refractivity contribution < 1.29 is 10.0 Å². The zero-order valence-electron chi connectivity index (χ0n) is 19.3. The molecule has 0 spiro atoms. The Balaban J connectivity index is 1.39. The summed E-state index contributed by atoms with van der Waals surface area (Å²) in [4.78, 5) is 18.9. The van der Waals surface area contributed by atoms with Crippen molar-refractivity contribution in [2.24, 2.45) is 5.41 Å². The van der Waals surface area contributed by atoms with Gasteiger partial charge in [-0.1, -0.05) is 32.9 Å². The van der Waals surface area contributed by atoms with E-state index in [9.17, 15) is 4.79 Å². The first-order valence-corrected chi connectivity index (χ1v) is 11.5. The van der Waals surface area contributed by atoms with Gasteiger partial charge in [-0.2, -0.15) is 0 Å². The Kier molecular flexibility index (Phi) is 6.63. The van der Waals surface area contributed by atoms with E-state index in [2.05, 4.69) is 54.8 Å². The van der Waals surface area contributed by atoms with E-state index < -0.39 is 5.91 Å². The molecular formula is C26H34N4O2. The SMILES string of the molecule is CC(C)(C)CCN1CCC(c2cnc3c(ccn3Cc3ccc(C(=O)NO)cc3)c2)CC1. The van der Waals surface area contributed by atoms with Crippen LogP contribution in [0.3, 0.4) is 0 Å². The van der Waals surface area contributed by atoms with Gasteiger partial charge in [-0.05, 0) is 85.6 Å². The van der Waals surface area contributed by atoms with Crippen molar-refractivity contribution in [3.8, 4) is 0 Å². The minimum atomic E-state index is -0.503. The molecule has 6 nitrogen and oxygen atoms in total. The third-order valence-corrected chi connectivity index (χ3v) is 6.53. The maximum atomic E-state index is 11.5. The van der Waals surface area contributed by atoms with Crippen molar-refractivity contribution in [3.05, 3.63) is 65.5 Å². The van der Waals surface area contributed by atoms with E-state index in [1.807, 2.05) is 12.1 Å². The zero-order chi connectivity index (χ0) is 22.7. The highest BCUT2D eigenvalue weighted by Gasteiger charge is 2.22. The van der Waals surface area contributed by atoms with E-state index in [0.29, 0.717) is 23.4 Å². The van der Waals surface area contributed by atoms with E-state index in [-0.39, 0.29) is 0 Å². The second-order valence-corrected chi connectivity index (χ2v) is 10.2. The van der Waals surface area contributed by atoms with Crippen LogP contribution in [0.5, 0.6) is 0 Å².